The van der Waals surface area contributed by atoms with Gasteiger partial charge in [0, 0.05) is 12.6 Å². The monoisotopic (exact) mass is 415 g/mol. The highest BCUT2D eigenvalue weighted by Gasteiger charge is 2.29. The molecule has 1 fully saturated rings. The van der Waals surface area contributed by atoms with Gasteiger partial charge in [0.1, 0.15) is 0 Å². The minimum absolute atomic E-state index is 0.0307. The van der Waals surface area contributed by atoms with Crippen LogP contribution in [0.4, 0.5) is 4.79 Å². The molecule has 2 amide bonds. The van der Waals surface area contributed by atoms with Crippen molar-refractivity contribution >= 4 is 16.1 Å². The number of carbonyl (C=O) groups excluding carboxylic acids is 1. The molecule has 2 aromatic rings. The van der Waals surface area contributed by atoms with E-state index >= 15 is 0 Å². The summed E-state index contributed by atoms with van der Waals surface area (Å²) in [6.07, 6.45) is 2.36. The summed E-state index contributed by atoms with van der Waals surface area (Å²) in [5, 5.41) is 0. The maximum atomic E-state index is 13.0. The molecule has 0 aliphatic carbocycles. The van der Waals surface area contributed by atoms with Crippen LogP contribution in [0.5, 0.6) is 0 Å². The summed E-state index contributed by atoms with van der Waals surface area (Å²) in [7, 11) is -1.84. The van der Waals surface area contributed by atoms with E-state index in [4.69, 9.17) is 0 Å². The fourth-order valence-electron chi connectivity index (χ4n) is 3.60. The van der Waals surface area contributed by atoms with E-state index in [9.17, 15) is 13.2 Å². The number of rotatable bonds is 6. The zero-order valence-electron chi connectivity index (χ0n) is 17.0. The number of urea groups is 1. The number of aryl methyl sites for hydroxylation is 1. The second kappa shape index (κ2) is 9.41. The number of nitrogens with zero attached hydrogens (tertiary/aromatic N) is 2. The first-order chi connectivity index (χ1) is 13.8. The van der Waals surface area contributed by atoms with Gasteiger partial charge in [-0.15, -0.1) is 0 Å². The van der Waals surface area contributed by atoms with Crippen LogP contribution in [-0.4, -0.2) is 57.0 Å². The van der Waals surface area contributed by atoms with Crippen molar-refractivity contribution in [2.45, 2.75) is 37.1 Å². The van der Waals surface area contributed by atoms with Gasteiger partial charge in [-0.3, -0.25) is 0 Å². The number of nitrogens with one attached hydrogen (secondary N) is 1. The quantitative estimate of drug-likeness (QED) is 0.787. The number of likely N-dealkylation sites (tertiary alicyclic amines) is 1. The number of carbonyl (C=O) groups is 1. The molecule has 29 heavy (non-hydrogen) atoms. The van der Waals surface area contributed by atoms with Gasteiger partial charge in [-0.1, -0.05) is 48.0 Å². The standard InChI is InChI=1S/C22H29N3O3S/c1-18-8-10-21(11-9-18)29(27,28)23-22(26)25(20-13-15-24(2)16-14-20)17-12-19-6-4-3-5-7-19/h3-11,20H,12-17H2,1-2H3,(H,23,26). The van der Waals surface area contributed by atoms with Crippen LogP contribution in [0.15, 0.2) is 59.5 Å². The average molecular weight is 416 g/mol. The summed E-state index contributed by atoms with van der Waals surface area (Å²) in [6, 6.07) is 15.9. The lowest BCUT2D eigenvalue weighted by atomic mass is 10.0. The molecule has 1 saturated heterocycles. The predicted octanol–water partition coefficient (Wildman–Crippen LogP) is 3.03. The molecule has 1 heterocycles. The molecule has 1 aliphatic rings. The third kappa shape index (κ3) is 5.81. The minimum atomic E-state index is -3.91. The lowest BCUT2D eigenvalue weighted by Gasteiger charge is -2.37. The SMILES string of the molecule is Cc1ccc(S(=O)(=O)NC(=O)N(CCc2ccccc2)C2CCN(C)CC2)cc1. The van der Waals surface area contributed by atoms with Crippen LogP contribution >= 0.6 is 0 Å². The predicted molar refractivity (Wildman–Crippen MR) is 114 cm³/mol. The van der Waals surface area contributed by atoms with E-state index in [1.165, 1.54) is 12.1 Å². The van der Waals surface area contributed by atoms with E-state index in [1.54, 1.807) is 17.0 Å². The highest BCUT2D eigenvalue weighted by Crippen LogP contribution is 2.18. The smallest absolute Gasteiger partial charge is 0.321 e. The van der Waals surface area contributed by atoms with Crippen LogP contribution in [0.2, 0.25) is 0 Å². The van der Waals surface area contributed by atoms with E-state index in [1.807, 2.05) is 37.3 Å². The zero-order valence-corrected chi connectivity index (χ0v) is 17.9. The van der Waals surface area contributed by atoms with Crippen molar-refractivity contribution in [2.75, 3.05) is 26.7 Å². The van der Waals surface area contributed by atoms with Gasteiger partial charge in [-0.2, -0.15) is 0 Å². The third-order valence-electron chi connectivity index (χ3n) is 5.43. The Labute approximate surface area is 173 Å². The molecule has 0 saturated carbocycles. The van der Waals surface area contributed by atoms with E-state index < -0.39 is 16.1 Å². The minimum Gasteiger partial charge on any atom is -0.321 e. The highest BCUT2D eigenvalue weighted by atomic mass is 32.2. The molecule has 0 atom stereocenters. The van der Waals surface area contributed by atoms with Crippen molar-refractivity contribution in [3.8, 4) is 0 Å². The Morgan fingerprint density at radius 1 is 1.07 bits per heavy atom. The Bertz CT molecular complexity index is 906. The maximum absolute atomic E-state index is 13.0. The molecule has 0 aromatic heterocycles. The molecule has 0 spiro atoms. The second-order valence-electron chi connectivity index (χ2n) is 7.69. The van der Waals surface area contributed by atoms with Gasteiger partial charge < -0.3 is 9.80 Å². The van der Waals surface area contributed by atoms with Crippen LogP contribution in [-0.2, 0) is 16.4 Å². The molecule has 156 valence electrons. The Morgan fingerprint density at radius 2 is 1.69 bits per heavy atom. The summed E-state index contributed by atoms with van der Waals surface area (Å²) in [5.74, 6) is 0. The van der Waals surface area contributed by atoms with Crippen LogP contribution in [0.1, 0.15) is 24.0 Å². The number of hydrogen-bond donors (Lipinski definition) is 1. The van der Waals surface area contributed by atoms with Crippen LogP contribution < -0.4 is 4.72 Å². The second-order valence-corrected chi connectivity index (χ2v) is 9.37. The molecule has 0 bridgehead atoms. The van der Waals surface area contributed by atoms with Gasteiger partial charge in [0.15, 0.2) is 0 Å². The van der Waals surface area contributed by atoms with E-state index in [0.29, 0.717) is 13.0 Å². The Balaban J connectivity index is 1.74. The van der Waals surface area contributed by atoms with Crippen molar-refractivity contribution < 1.29 is 13.2 Å². The van der Waals surface area contributed by atoms with Crippen molar-refractivity contribution in [2.24, 2.45) is 0 Å². The molecule has 6 nitrogen and oxygen atoms in total. The van der Waals surface area contributed by atoms with E-state index in [-0.39, 0.29) is 10.9 Å². The van der Waals surface area contributed by atoms with Crippen LogP contribution in [0.3, 0.4) is 0 Å². The van der Waals surface area contributed by atoms with Gasteiger partial charge in [-0.25, -0.2) is 17.9 Å². The summed E-state index contributed by atoms with van der Waals surface area (Å²) >= 11 is 0. The number of piperidine rings is 1. The van der Waals surface area contributed by atoms with Crippen molar-refractivity contribution in [3.63, 3.8) is 0 Å². The Kier molecular flexibility index (Phi) is 6.92. The lowest BCUT2D eigenvalue weighted by molar-refractivity contribution is 0.135. The highest BCUT2D eigenvalue weighted by molar-refractivity contribution is 7.90. The van der Waals surface area contributed by atoms with E-state index in [2.05, 4.69) is 16.7 Å². The molecule has 2 aromatic carbocycles. The summed E-state index contributed by atoms with van der Waals surface area (Å²) in [5.41, 5.74) is 2.09. The first kappa shape index (κ1) is 21.3. The molecular formula is C22H29N3O3S. The molecule has 0 unspecified atom stereocenters. The van der Waals surface area contributed by atoms with Crippen molar-refractivity contribution in [3.05, 3.63) is 65.7 Å². The average Bonchev–Trinajstić information content (AvgIpc) is 2.70. The first-order valence-electron chi connectivity index (χ1n) is 9.98. The van der Waals surface area contributed by atoms with Crippen LogP contribution in [0.25, 0.3) is 0 Å². The molecule has 3 rings (SSSR count). The largest absolute Gasteiger partial charge is 0.331 e. The van der Waals surface area contributed by atoms with Gasteiger partial charge in [0.2, 0.25) is 0 Å². The van der Waals surface area contributed by atoms with Gasteiger partial charge >= 0.3 is 6.03 Å². The Hall–Kier alpha value is -2.38. The normalized spacial score (nSPS) is 15.8. The van der Waals surface area contributed by atoms with E-state index in [0.717, 1.165) is 37.1 Å². The maximum Gasteiger partial charge on any atom is 0.331 e. The zero-order chi connectivity index (χ0) is 20.9. The lowest BCUT2D eigenvalue weighted by Crippen LogP contribution is -2.52. The Morgan fingerprint density at radius 3 is 2.31 bits per heavy atom. The van der Waals surface area contributed by atoms with Crippen LogP contribution in [0, 0.1) is 6.92 Å². The van der Waals surface area contributed by atoms with Gasteiger partial charge in [0.05, 0.1) is 4.90 Å². The molecule has 1 aliphatic heterocycles. The fraction of sp³-hybridized carbons (Fsp3) is 0.409. The van der Waals surface area contributed by atoms with Gasteiger partial charge in [-0.05, 0) is 64.0 Å². The third-order valence-corrected chi connectivity index (χ3v) is 6.76. The molecule has 7 heteroatoms. The van der Waals surface area contributed by atoms with Crippen molar-refractivity contribution in [1.82, 2.24) is 14.5 Å². The number of benzene rings is 2. The summed E-state index contributed by atoms with van der Waals surface area (Å²) in [4.78, 5) is 17.1. The topological polar surface area (TPSA) is 69.7 Å². The number of amides is 2. The number of hydrogen-bond acceptors (Lipinski definition) is 4. The summed E-state index contributed by atoms with van der Waals surface area (Å²) < 4.78 is 27.7. The fourth-order valence-corrected chi connectivity index (χ4v) is 4.56. The van der Waals surface area contributed by atoms with Gasteiger partial charge in [0.25, 0.3) is 10.0 Å². The molecule has 0 radical (unpaired) electrons. The first-order valence-corrected chi connectivity index (χ1v) is 11.5. The molecule has 1 N–H and O–H groups in total. The summed E-state index contributed by atoms with van der Waals surface area (Å²) in [6.45, 7) is 4.16. The number of sulfonamides is 1. The van der Waals surface area contributed by atoms with Crippen molar-refractivity contribution in [1.29, 1.82) is 0 Å². The molecular weight excluding hydrogens is 386 g/mol.